The topological polar surface area (TPSA) is 40.2 Å². The fourth-order valence-electron chi connectivity index (χ4n) is 1.65. The van der Waals surface area contributed by atoms with Crippen LogP contribution in [0.5, 0.6) is 5.75 Å². The van der Waals surface area contributed by atoms with E-state index < -0.39 is 0 Å². The molecule has 0 amide bonds. The second-order valence-corrected chi connectivity index (χ2v) is 3.76. The predicted octanol–water partition coefficient (Wildman–Crippen LogP) is 2.06. The van der Waals surface area contributed by atoms with Crippen molar-refractivity contribution >= 4 is 0 Å². The van der Waals surface area contributed by atoms with Gasteiger partial charge in [0.15, 0.2) is 0 Å². The maximum Gasteiger partial charge on any atom is 0.119 e. The summed E-state index contributed by atoms with van der Waals surface area (Å²) >= 11 is 0. The number of para-hydroxylation sites is 1. The molecular weight excluding hydrogens is 200 g/mol. The Morgan fingerprint density at radius 2 is 2.00 bits per heavy atom. The third-order valence-electron chi connectivity index (χ3n) is 2.52. The van der Waals surface area contributed by atoms with Crippen molar-refractivity contribution in [2.75, 3.05) is 0 Å². The Morgan fingerprint density at radius 3 is 2.62 bits per heavy atom. The number of ether oxygens (including phenoxy) is 1. The highest BCUT2D eigenvalue weighted by Crippen LogP contribution is 2.13. The summed E-state index contributed by atoms with van der Waals surface area (Å²) in [5, 5.41) is 0. The Morgan fingerprint density at radius 1 is 1.25 bits per heavy atom. The van der Waals surface area contributed by atoms with Crippen LogP contribution in [0.3, 0.4) is 0 Å². The molecule has 0 spiro atoms. The second-order valence-electron chi connectivity index (χ2n) is 3.76. The molecule has 84 valence electrons. The molecule has 0 fully saturated rings. The SMILES string of the molecule is Cn1cc(COc2ccccc2)cc1CN. The van der Waals surface area contributed by atoms with E-state index >= 15 is 0 Å². The second kappa shape index (κ2) is 4.86. The molecule has 0 saturated heterocycles. The van der Waals surface area contributed by atoms with Gasteiger partial charge in [0.25, 0.3) is 0 Å². The molecule has 3 heteroatoms. The average molecular weight is 216 g/mol. The standard InChI is InChI=1S/C13H16N2O/c1-15-9-11(7-12(15)8-14)10-16-13-5-3-2-4-6-13/h2-7,9H,8,10,14H2,1H3. The summed E-state index contributed by atoms with van der Waals surface area (Å²) in [6, 6.07) is 11.9. The molecule has 0 atom stereocenters. The van der Waals surface area contributed by atoms with Crippen molar-refractivity contribution in [2.24, 2.45) is 12.8 Å². The van der Waals surface area contributed by atoms with Gasteiger partial charge in [-0.3, -0.25) is 0 Å². The van der Waals surface area contributed by atoms with Gasteiger partial charge in [-0.05, 0) is 18.2 Å². The fraction of sp³-hybridized carbons (Fsp3) is 0.231. The van der Waals surface area contributed by atoms with Crippen LogP contribution < -0.4 is 10.5 Å². The van der Waals surface area contributed by atoms with Crippen molar-refractivity contribution in [1.29, 1.82) is 0 Å². The molecule has 2 aromatic rings. The number of nitrogens with two attached hydrogens (primary N) is 1. The number of aryl methyl sites for hydroxylation is 1. The van der Waals surface area contributed by atoms with Gasteiger partial charge in [-0.25, -0.2) is 0 Å². The molecule has 0 aliphatic carbocycles. The Balaban J connectivity index is 2.00. The van der Waals surface area contributed by atoms with Crippen LogP contribution in [0.4, 0.5) is 0 Å². The van der Waals surface area contributed by atoms with Crippen LogP contribution in [-0.4, -0.2) is 4.57 Å². The first kappa shape index (κ1) is 10.8. The Bertz CT molecular complexity index is 448. The molecule has 0 aliphatic rings. The van der Waals surface area contributed by atoms with Crippen LogP contribution in [0.15, 0.2) is 42.6 Å². The third-order valence-corrected chi connectivity index (χ3v) is 2.52. The van der Waals surface area contributed by atoms with E-state index in [1.807, 2.05) is 48.1 Å². The first-order valence-corrected chi connectivity index (χ1v) is 5.31. The van der Waals surface area contributed by atoms with Crippen LogP contribution in [0, 0.1) is 0 Å². The first-order chi connectivity index (χ1) is 7.79. The van der Waals surface area contributed by atoms with E-state index in [4.69, 9.17) is 10.5 Å². The quantitative estimate of drug-likeness (QED) is 0.849. The summed E-state index contributed by atoms with van der Waals surface area (Å²) in [4.78, 5) is 0. The molecule has 0 aliphatic heterocycles. The van der Waals surface area contributed by atoms with Gasteiger partial charge in [-0.15, -0.1) is 0 Å². The van der Waals surface area contributed by atoms with Crippen molar-refractivity contribution < 1.29 is 4.74 Å². The predicted molar refractivity (Wildman–Crippen MR) is 64.1 cm³/mol. The van der Waals surface area contributed by atoms with Gasteiger partial charge in [0.1, 0.15) is 12.4 Å². The minimum Gasteiger partial charge on any atom is -0.489 e. The number of rotatable bonds is 4. The van der Waals surface area contributed by atoms with Crippen LogP contribution in [0.2, 0.25) is 0 Å². The van der Waals surface area contributed by atoms with E-state index in [9.17, 15) is 0 Å². The Kier molecular flexibility index (Phi) is 3.27. The first-order valence-electron chi connectivity index (χ1n) is 5.31. The number of hydrogen-bond donors (Lipinski definition) is 1. The Hall–Kier alpha value is -1.74. The zero-order valence-electron chi connectivity index (χ0n) is 9.39. The number of benzene rings is 1. The summed E-state index contributed by atoms with van der Waals surface area (Å²) in [6.45, 7) is 1.14. The van der Waals surface area contributed by atoms with Crippen LogP contribution in [0.1, 0.15) is 11.3 Å². The van der Waals surface area contributed by atoms with E-state index in [2.05, 4.69) is 6.07 Å². The van der Waals surface area contributed by atoms with Crippen molar-refractivity contribution in [3.05, 3.63) is 53.9 Å². The maximum atomic E-state index is 5.65. The van der Waals surface area contributed by atoms with E-state index in [1.54, 1.807) is 0 Å². The van der Waals surface area contributed by atoms with Gasteiger partial charge in [0, 0.05) is 31.0 Å². The average Bonchev–Trinajstić information content (AvgIpc) is 2.69. The summed E-state index contributed by atoms with van der Waals surface area (Å²) in [5.74, 6) is 0.889. The number of nitrogens with zero attached hydrogens (tertiary/aromatic N) is 1. The molecule has 0 bridgehead atoms. The van der Waals surface area contributed by atoms with Gasteiger partial charge in [0.05, 0.1) is 0 Å². The van der Waals surface area contributed by atoms with E-state index in [0.29, 0.717) is 13.2 Å². The van der Waals surface area contributed by atoms with Crippen molar-refractivity contribution in [3.8, 4) is 5.75 Å². The molecule has 1 heterocycles. The summed E-state index contributed by atoms with van der Waals surface area (Å²) in [7, 11) is 1.99. The fourth-order valence-corrected chi connectivity index (χ4v) is 1.65. The molecule has 3 nitrogen and oxygen atoms in total. The van der Waals surface area contributed by atoms with Gasteiger partial charge >= 0.3 is 0 Å². The summed E-state index contributed by atoms with van der Waals surface area (Å²) in [6.07, 6.45) is 2.05. The van der Waals surface area contributed by atoms with Gasteiger partial charge in [-0.1, -0.05) is 18.2 Å². The normalized spacial score (nSPS) is 10.4. The highest BCUT2D eigenvalue weighted by Gasteiger charge is 2.02. The third kappa shape index (κ3) is 2.44. The lowest BCUT2D eigenvalue weighted by molar-refractivity contribution is 0.306. The summed E-state index contributed by atoms with van der Waals surface area (Å²) < 4.78 is 7.68. The molecule has 16 heavy (non-hydrogen) atoms. The number of aromatic nitrogens is 1. The molecule has 1 aromatic carbocycles. The number of hydrogen-bond acceptors (Lipinski definition) is 2. The molecule has 0 radical (unpaired) electrons. The lowest BCUT2D eigenvalue weighted by Crippen LogP contribution is -2.01. The monoisotopic (exact) mass is 216 g/mol. The Labute approximate surface area is 95.5 Å². The molecule has 1 aromatic heterocycles. The van der Waals surface area contributed by atoms with Crippen molar-refractivity contribution in [2.45, 2.75) is 13.2 Å². The molecule has 2 N–H and O–H groups in total. The lowest BCUT2D eigenvalue weighted by Gasteiger charge is -2.03. The summed E-state index contributed by atoms with van der Waals surface area (Å²) in [5.41, 5.74) is 7.87. The van der Waals surface area contributed by atoms with E-state index in [-0.39, 0.29) is 0 Å². The zero-order valence-corrected chi connectivity index (χ0v) is 9.39. The zero-order chi connectivity index (χ0) is 11.4. The van der Waals surface area contributed by atoms with E-state index in [0.717, 1.165) is 17.0 Å². The largest absolute Gasteiger partial charge is 0.489 e. The van der Waals surface area contributed by atoms with Crippen molar-refractivity contribution in [1.82, 2.24) is 4.57 Å². The van der Waals surface area contributed by atoms with Crippen molar-refractivity contribution in [3.63, 3.8) is 0 Å². The highest BCUT2D eigenvalue weighted by molar-refractivity contribution is 5.23. The molecule has 2 rings (SSSR count). The minimum absolute atomic E-state index is 0.557. The van der Waals surface area contributed by atoms with Gasteiger partial charge in [0.2, 0.25) is 0 Å². The maximum absolute atomic E-state index is 5.65. The van der Waals surface area contributed by atoms with E-state index in [1.165, 1.54) is 0 Å². The minimum atomic E-state index is 0.557. The van der Waals surface area contributed by atoms with Crippen LogP contribution in [-0.2, 0) is 20.2 Å². The highest BCUT2D eigenvalue weighted by atomic mass is 16.5. The lowest BCUT2D eigenvalue weighted by atomic mass is 10.3. The van der Waals surface area contributed by atoms with Crippen LogP contribution >= 0.6 is 0 Å². The van der Waals surface area contributed by atoms with Crippen LogP contribution in [0.25, 0.3) is 0 Å². The van der Waals surface area contributed by atoms with Gasteiger partial charge in [-0.2, -0.15) is 0 Å². The smallest absolute Gasteiger partial charge is 0.119 e. The molecule has 0 saturated carbocycles. The van der Waals surface area contributed by atoms with Gasteiger partial charge < -0.3 is 15.0 Å². The molecular formula is C13H16N2O. The molecule has 0 unspecified atom stereocenters.